The van der Waals surface area contributed by atoms with Crippen LogP contribution in [0.1, 0.15) is 43.5 Å². The molecule has 1 aliphatic rings. The molecule has 1 amide bonds. The van der Waals surface area contributed by atoms with Crippen molar-refractivity contribution in [1.29, 1.82) is 0 Å². The number of ketones is 1. The number of hydrogen-bond acceptors (Lipinski definition) is 6. The number of amides is 1. The second-order valence-electron chi connectivity index (χ2n) is 7.33. The van der Waals surface area contributed by atoms with E-state index in [0.717, 1.165) is 5.56 Å². The maximum Gasteiger partial charge on any atom is 0.318 e. The number of methoxy groups -OCH3 is 2. The van der Waals surface area contributed by atoms with Crippen molar-refractivity contribution in [2.45, 2.75) is 32.4 Å². The van der Waals surface area contributed by atoms with Crippen molar-refractivity contribution < 1.29 is 28.6 Å². The van der Waals surface area contributed by atoms with Gasteiger partial charge in [-0.2, -0.15) is 0 Å². The van der Waals surface area contributed by atoms with Gasteiger partial charge in [-0.3, -0.25) is 14.4 Å². The lowest BCUT2D eigenvalue weighted by molar-refractivity contribution is -0.161. The molecule has 0 saturated carbocycles. The quantitative estimate of drug-likeness (QED) is 0.521. The molecule has 0 aliphatic carbocycles. The summed E-state index contributed by atoms with van der Waals surface area (Å²) in [6.45, 7) is 3.29. The number of piperidine rings is 1. The van der Waals surface area contributed by atoms with Gasteiger partial charge in [0, 0.05) is 13.3 Å². The first-order valence-electron chi connectivity index (χ1n) is 10.2. The normalized spacial score (nSPS) is 20.8. The van der Waals surface area contributed by atoms with Gasteiger partial charge in [0.05, 0.1) is 32.9 Å². The van der Waals surface area contributed by atoms with Gasteiger partial charge in [-0.05, 0) is 42.3 Å². The van der Waals surface area contributed by atoms with Crippen LogP contribution in [0.2, 0.25) is 0 Å². The van der Waals surface area contributed by atoms with Gasteiger partial charge in [-0.15, -0.1) is 0 Å². The lowest BCUT2D eigenvalue weighted by Gasteiger charge is -2.44. The van der Waals surface area contributed by atoms with Crippen molar-refractivity contribution in [1.82, 2.24) is 4.90 Å². The molecule has 31 heavy (non-hydrogen) atoms. The largest absolute Gasteiger partial charge is 0.497 e. The Kier molecular flexibility index (Phi) is 6.95. The van der Waals surface area contributed by atoms with Crippen LogP contribution >= 0.6 is 0 Å². The lowest BCUT2D eigenvalue weighted by Crippen LogP contribution is -2.50. The maximum atomic E-state index is 13.2. The van der Waals surface area contributed by atoms with Crippen LogP contribution < -0.4 is 9.47 Å². The van der Waals surface area contributed by atoms with Crippen molar-refractivity contribution in [3.8, 4) is 11.5 Å². The van der Waals surface area contributed by atoms with Crippen molar-refractivity contribution >= 4 is 17.7 Å². The Balaban J connectivity index is 2.11. The fraction of sp³-hybridized carbons (Fsp3) is 0.375. The molecular formula is C24H27NO6. The Labute approximate surface area is 181 Å². The van der Waals surface area contributed by atoms with E-state index in [1.807, 2.05) is 12.1 Å². The zero-order valence-corrected chi connectivity index (χ0v) is 18.2. The average Bonchev–Trinajstić information content (AvgIpc) is 2.78. The number of Topliss-reactive ketones (excluding diaryl/α,β-unsaturated/α-hetero) is 1. The van der Waals surface area contributed by atoms with Crippen LogP contribution in [0.3, 0.4) is 0 Å². The van der Waals surface area contributed by atoms with Crippen LogP contribution in [0.15, 0.2) is 48.5 Å². The third-order valence-electron chi connectivity index (χ3n) is 5.55. The second kappa shape index (κ2) is 9.64. The molecular weight excluding hydrogens is 398 g/mol. The van der Waals surface area contributed by atoms with Crippen LogP contribution in [0, 0.1) is 5.92 Å². The highest BCUT2D eigenvalue weighted by Gasteiger charge is 2.49. The highest BCUT2D eigenvalue weighted by molar-refractivity contribution is 6.02. The molecule has 1 saturated heterocycles. The lowest BCUT2D eigenvalue weighted by atomic mass is 9.78. The minimum Gasteiger partial charge on any atom is -0.497 e. The SMILES string of the molecule is CCOC(=O)C1C(=O)CC(c2ccc(OC)cc2)N(C(C)=O)C1c1ccc(OC)cc1. The molecule has 0 bridgehead atoms. The van der Waals surface area contributed by atoms with E-state index in [-0.39, 0.29) is 24.7 Å². The molecule has 3 unspecified atom stereocenters. The summed E-state index contributed by atoms with van der Waals surface area (Å²) in [7, 11) is 3.13. The first kappa shape index (κ1) is 22.3. The number of rotatable bonds is 6. The van der Waals surface area contributed by atoms with Gasteiger partial charge in [0.15, 0.2) is 5.78 Å². The smallest absolute Gasteiger partial charge is 0.318 e. The number of carbonyl (C=O) groups is 3. The molecule has 1 heterocycles. The summed E-state index contributed by atoms with van der Waals surface area (Å²) in [5.41, 5.74) is 1.46. The number of hydrogen-bond donors (Lipinski definition) is 0. The molecule has 2 aromatic rings. The highest BCUT2D eigenvalue weighted by atomic mass is 16.5. The van der Waals surface area contributed by atoms with Crippen LogP contribution in [0.4, 0.5) is 0 Å². The second-order valence-corrected chi connectivity index (χ2v) is 7.33. The predicted molar refractivity (Wildman–Crippen MR) is 114 cm³/mol. The molecule has 0 radical (unpaired) electrons. The van der Waals surface area contributed by atoms with Gasteiger partial charge in [-0.1, -0.05) is 24.3 Å². The van der Waals surface area contributed by atoms with E-state index >= 15 is 0 Å². The fourth-order valence-corrected chi connectivity index (χ4v) is 4.11. The molecule has 0 spiro atoms. The molecule has 3 rings (SSSR count). The molecule has 7 heteroatoms. The van der Waals surface area contributed by atoms with E-state index in [1.54, 1.807) is 62.4 Å². The minimum absolute atomic E-state index is 0.0298. The van der Waals surface area contributed by atoms with E-state index in [0.29, 0.717) is 17.1 Å². The summed E-state index contributed by atoms with van der Waals surface area (Å²) in [5.74, 6) is -0.878. The minimum atomic E-state index is -1.09. The average molecular weight is 425 g/mol. The van der Waals surface area contributed by atoms with Crippen LogP contribution in [-0.2, 0) is 19.1 Å². The summed E-state index contributed by atoms with van der Waals surface area (Å²) in [4.78, 5) is 40.5. The number of benzene rings is 2. The van der Waals surface area contributed by atoms with Gasteiger partial charge >= 0.3 is 5.97 Å². The van der Waals surface area contributed by atoms with Crippen molar-refractivity contribution in [2.24, 2.45) is 5.92 Å². The number of carbonyl (C=O) groups excluding carboxylic acids is 3. The summed E-state index contributed by atoms with van der Waals surface area (Å²) in [6, 6.07) is 13.0. The van der Waals surface area contributed by atoms with Crippen LogP contribution in [-0.4, -0.2) is 43.4 Å². The van der Waals surface area contributed by atoms with Crippen LogP contribution in [0.25, 0.3) is 0 Å². The Morgan fingerprint density at radius 1 is 0.935 bits per heavy atom. The summed E-state index contributed by atoms with van der Waals surface area (Å²) in [6.07, 6.45) is 0.0298. The number of nitrogens with zero attached hydrogens (tertiary/aromatic N) is 1. The van der Waals surface area contributed by atoms with Gasteiger partial charge in [0.2, 0.25) is 5.91 Å². The summed E-state index contributed by atoms with van der Waals surface area (Å²) < 4.78 is 15.7. The zero-order valence-electron chi connectivity index (χ0n) is 18.2. The topological polar surface area (TPSA) is 82.1 Å². The molecule has 3 atom stereocenters. The van der Waals surface area contributed by atoms with E-state index in [1.165, 1.54) is 6.92 Å². The monoisotopic (exact) mass is 425 g/mol. The standard InChI is InChI=1S/C24H27NO6/c1-5-31-24(28)22-21(27)14-20(16-6-10-18(29-3)11-7-16)25(15(2)26)23(22)17-8-12-19(30-4)13-9-17/h6-13,20,22-23H,5,14H2,1-4H3. The van der Waals surface area contributed by atoms with Crippen LogP contribution in [0.5, 0.6) is 11.5 Å². The van der Waals surface area contributed by atoms with Gasteiger partial charge < -0.3 is 19.1 Å². The number of likely N-dealkylation sites (tertiary alicyclic amines) is 1. The van der Waals surface area contributed by atoms with Crippen molar-refractivity contribution in [2.75, 3.05) is 20.8 Å². The van der Waals surface area contributed by atoms with E-state index in [2.05, 4.69) is 0 Å². The third kappa shape index (κ3) is 4.55. The van der Waals surface area contributed by atoms with Gasteiger partial charge in [-0.25, -0.2) is 0 Å². The first-order chi connectivity index (χ1) is 14.9. The Morgan fingerprint density at radius 2 is 1.45 bits per heavy atom. The fourth-order valence-electron chi connectivity index (χ4n) is 4.11. The summed E-state index contributed by atoms with van der Waals surface area (Å²) >= 11 is 0. The summed E-state index contributed by atoms with van der Waals surface area (Å²) in [5, 5.41) is 0. The van der Waals surface area contributed by atoms with E-state index < -0.39 is 24.0 Å². The Hall–Kier alpha value is -3.35. The van der Waals surface area contributed by atoms with E-state index in [9.17, 15) is 14.4 Å². The molecule has 7 nitrogen and oxygen atoms in total. The number of esters is 1. The maximum absolute atomic E-state index is 13.2. The molecule has 0 N–H and O–H groups in total. The van der Waals surface area contributed by atoms with Crippen molar-refractivity contribution in [3.05, 3.63) is 59.7 Å². The Morgan fingerprint density at radius 3 is 1.90 bits per heavy atom. The molecule has 1 fully saturated rings. The molecule has 0 aromatic heterocycles. The molecule has 1 aliphatic heterocycles. The highest BCUT2D eigenvalue weighted by Crippen LogP contribution is 2.44. The molecule has 164 valence electrons. The van der Waals surface area contributed by atoms with E-state index in [4.69, 9.17) is 14.2 Å². The Bertz CT molecular complexity index is 938. The number of ether oxygens (including phenoxy) is 3. The first-order valence-corrected chi connectivity index (χ1v) is 10.2. The van der Waals surface area contributed by atoms with Crippen molar-refractivity contribution in [3.63, 3.8) is 0 Å². The zero-order chi connectivity index (χ0) is 22.5. The van der Waals surface area contributed by atoms with Gasteiger partial charge in [0.1, 0.15) is 17.4 Å². The molecule has 2 aromatic carbocycles. The van der Waals surface area contributed by atoms with Gasteiger partial charge in [0.25, 0.3) is 0 Å². The third-order valence-corrected chi connectivity index (χ3v) is 5.55. The predicted octanol–water partition coefficient (Wildman–Crippen LogP) is 3.49.